The lowest BCUT2D eigenvalue weighted by Gasteiger charge is -2.15. The van der Waals surface area contributed by atoms with Gasteiger partial charge in [0.15, 0.2) is 5.82 Å². The van der Waals surface area contributed by atoms with E-state index in [1.54, 1.807) is 29.1 Å². The van der Waals surface area contributed by atoms with Crippen LogP contribution < -0.4 is 10.6 Å². The number of amides is 1. The normalized spacial score (nSPS) is 13.4. The minimum atomic E-state index is -0.332. The fourth-order valence-electron chi connectivity index (χ4n) is 2.82. The van der Waals surface area contributed by atoms with Crippen molar-refractivity contribution >= 4 is 17.4 Å². The first-order valence-electron chi connectivity index (χ1n) is 8.86. The van der Waals surface area contributed by atoms with Crippen LogP contribution in [0.15, 0.2) is 42.9 Å². The number of carbonyl (C=O) groups is 1. The van der Waals surface area contributed by atoms with Crippen LogP contribution >= 0.6 is 0 Å². The fraction of sp³-hybridized carbons (Fsp3) is 0.263. The number of hydrogen-bond donors (Lipinski definition) is 2. The van der Waals surface area contributed by atoms with E-state index in [2.05, 4.69) is 25.7 Å². The molecule has 0 aliphatic heterocycles. The monoisotopic (exact) mass is 366 g/mol. The van der Waals surface area contributed by atoms with E-state index in [0.717, 1.165) is 12.8 Å². The highest BCUT2D eigenvalue weighted by Gasteiger charge is 2.25. The van der Waals surface area contributed by atoms with Crippen molar-refractivity contribution in [3.8, 4) is 11.3 Å². The summed E-state index contributed by atoms with van der Waals surface area (Å²) in [6.07, 6.45) is 5.15. The molecular formula is C19H19FN6O. The van der Waals surface area contributed by atoms with Crippen molar-refractivity contribution in [1.82, 2.24) is 19.7 Å². The maximum Gasteiger partial charge on any atom is 0.274 e. The van der Waals surface area contributed by atoms with Gasteiger partial charge in [0.05, 0.1) is 5.69 Å². The maximum absolute atomic E-state index is 13.3. The molecule has 4 rings (SSSR count). The molecule has 1 aromatic carbocycles. The van der Waals surface area contributed by atoms with Crippen molar-refractivity contribution < 1.29 is 9.18 Å². The molecule has 0 atom stereocenters. The number of anilines is 2. The molecule has 8 heteroatoms. The number of aryl methyl sites for hydroxylation is 1. The van der Waals surface area contributed by atoms with Crippen molar-refractivity contribution in [2.75, 3.05) is 10.6 Å². The zero-order valence-electron chi connectivity index (χ0n) is 14.8. The standard InChI is InChI=1S/C19H19FN6O/c1-2-26-15(9-10-23-26)19(27)25-17-16(12-3-5-13(20)6-4-12)21-11-22-18(17)24-14-7-8-14/h3-6,9-11,14H,2,7-8H2,1H3,(H,25,27)(H,21,22,24). The van der Waals surface area contributed by atoms with Gasteiger partial charge in [0, 0.05) is 24.3 Å². The predicted molar refractivity (Wildman–Crippen MR) is 99.9 cm³/mol. The second kappa shape index (κ2) is 7.14. The van der Waals surface area contributed by atoms with Crippen molar-refractivity contribution in [3.05, 3.63) is 54.4 Å². The van der Waals surface area contributed by atoms with Gasteiger partial charge in [-0.25, -0.2) is 14.4 Å². The van der Waals surface area contributed by atoms with Crippen LogP contribution in [0.1, 0.15) is 30.3 Å². The topological polar surface area (TPSA) is 84.7 Å². The van der Waals surface area contributed by atoms with E-state index in [-0.39, 0.29) is 11.7 Å². The van der Waals surface area contributed by atoms with Gasteiger partial charge >= 0.3 is 0 Å². The average Bonchev–Trinajstić information content (AvgIpc) is 3.36. The average molecular weight is 366 g/mol. The van der Waals surface area contributed by atoms with Crippen LogP contribution in [0.3, 0.4) is 0 Å². The minimum Gasteiger partial charge on any atom is -0.365 e. The summed E-state index contributed by atoms with van der Waals surface area (Å²) in [7, 11) is 0. The SMILES string of the molecule is CCn1nccc1C(=O)Nc1c(NC2CC2)ncnc1-c1ccc(F)cc1. The second-order valence-corrected chi connectivity index (χ2v) is 6.36. The van der Waals surface area contributed by atoms with Crippen LogP contribution in [0.5, 0.6) is 0 Å². The van der Waals surface area contributed by atoms with Gasteiger partial charge in [-0.3, -0.25) is 9.48 Å². The molecule has 1 aliphatic carbocycles. The lowest BCUT2D eigenvalue weighted by Crippen LogP contribution is -2.20. The van der Waals surface area contributed by atoms with Crippen molar-refractivity contribution in [3.63, 3.8) is 0 Å². The summed E-state index contributed by atoms with van der Waals surface area (Å²) in [6.45, 7) is 2.50. The Kier molecular flexibility index (Phi) is 4.53. The highest BCUT2D eigenvalue weighted by molar-refractivity contribution is 6.06. The van der Waals surface area contributed by atoms with Gasteiger partial charge in [0.25, 0.3) is 5.91 Å². The van der Waals surface area contributed by atoms with Gasteiger partial charge in [-0.05, 0) is 50.1 Å². The summed E-state index contributed by atoms with van der Waals surface area (Å²) < 4.78 is 14.9. The molecule has 7 nitrogen and oxygen atoms in total. The Morgan fingerprint density at radius 3 is 2.70 bits per heavy atom. The molecule has 2 aromatic heterocycles. The minimum absolute atomic E-state index is 0.300. The Bertz CT molecular complexity index is 965. The molecular weight excluding hydrogens is 347 g/mol. The Balaban J connectivity index is 1.73. The number of nitrogens with zero attached hydrogens (tertiary/aromatic N) is 4. The third-order valence-electron chi connectivity index (χ3n) is 4.37. The van der Waals surface area contributed by atoms with Gasteiger partial charge < -0.3 is 10.6 Å². The van der Waals surface area contributed by atoms with Gasteiger partial charge in [0.2, 0.25) is 0 Å². The van der Waals surface area contributed by atoms with Gasteiger partial charge in [-0.2, -0.15) is 5.10 Å². The zero-order valence-corrected chi connectivity index (χ0v) is 14.8. The van der Waals surface area contributed by atoms with Gasteiger partial charge in [-0.15, -0.1) is 0 Å². The van der Waals surface area contributed by atoms with E-state index in [0.29, 0.717) is 41.0 Å². The molecule has 0 spiro atoms. The molecule has 138 valence electrons. The molecule has 1 saturated carbocycles. The summed E-state index contributed by atoms with van der Waals surface area (Å²) in [5.41, 5.74) is 2.15. The number of aromatic nitrogens is 4. The first-order chi connectivity index (χ1) is 13.2. The molecule has 1 fully saturated rings. The Hall–Kier alpha value is -3.29. The highest BCUT2D eigenvalue weighted by atomic mass is 19.1. The third-order valence-corrected chi connectivity index (χ3v) is 4.37. The number of halogens is 1. The quantitative estimate of drug-likeness (QED) is 0.699. The lowest BCUT2D eigenvalue weighted by molar-refractivity contribution is 0.101. The van der Waals surface area contributed by atoms with Crippen LogP contribution in [-0.2, 0) is 6.54 Å². The fourth-order valence-corrected chi connectivity index (χ4v) is 2.82. The van der Waals surface area contributed by atoms with Gasteiger partial charge in [-0.1, -0.05) is 0 Å². The van der Waals surface area contributed by atoms with Crippen molar-refractivity contribution in [2.45, 2.75) is 32.4 Å². The molecule has 3 aromatic rings. The molecule has 0 unspecified atom stereocenters. The Morgan fingerprint density at radius 2 is 2.00 bits per heavy atom. The van der Waals surface area contributed by atoms with E-state index in [4.69, 9.17) is 0 Å². The van der Waals surface area contributed by atoms with E-state index in [9.17, 15) is 9.18 Å². The van der Waals surface area contributed by atoms with E-state index < -0.39 is 0 Å². The van der Waals surface area contributed by atoms with Crippen molar-refractivity contribution in [1.29, 1.82) is 0 Å². The summed E-state index contributed by atoms with van der Waals surface area (Å²) in [5.74, 6) is -0.0735. The molecule has 0 bridgehead atoms. The van der Waals surface area contributed by atoms with Gasteiger partial charge in [0.1, 0.15) is 23.5 Å². The number of benzene rings is 1. The Labute approximate surface area is 155 Å². The number of hydrogen-bond acceptors (Lipinski definition) is 5. The molecule has 2 heterocycles. The Morgan fingerprint density at radius 1 is 1.22 bits per heavy atom. The molecule has 0 radical (unpaired) electrons. The molecule has 1 amide bonds. The van der Waals surface area contributed by atoms with Crippen LogP contribution in [0.4, 0.5) is 15.9 Å². The first kappa shape index (κ1) is 17.1. The van der Waals surface area contributed by atoms with E-state index in [1.807, 2.05) is 6.92 Å². The molecule has 0 saturated heterocycles. The van der Waals surface area contributed by atoms with Crippen LogP contribution in [0, 0.1) is 5.82 Å². The zero-order chi connectivity index (χ0) is 18.8. The van der Waals surface area contributed by atoms with Crippen molar-refractivity contribution in [2.24, 2.45) is 0 Å². The smallest absolute Gasteiger partial charge is 0.274 e. The highest BCUT2D eigenvalue weighted by Crippen LogP contribution is 2.34. The third kappa shape index (κ3) is 3.64. The van der Waals surface area contributed by atoms with E-state index in [1.165, 1.54) is 18.5 Å². The number of rotatable bonds is 6. The van der Waals surface area contributed by atoms with Crippen LogP contribution in [-0.4, -0.2) is 31.7 Å². The largest absolute Gasteiger partial charge is 0.365 e. The maximum atomic E-state index is 13.3. The van der Waals surface area contributed by atoms with Crippen LogP contribution in [0.2, 0.25) is 0 Å². The lowest BCUT2D eigenvalue weighted by atomic mass is 10.1. The molecule has 1 aliphatic rings. The summed E-state index contributed by atoms with van der Waals surface area (Å²) >= 11 is 0. The first-order valence-corrected chi connectivity index (χ1v) is 8.86. The summed E-state index contributed by atoms with van der Waals surface area (Å²) in [6, 6.07) is 7.99. The second-order valence-electron chi connectivity index (χ2n) is 6.36. The number of nitrogens with one attached hydrogen (secondary N) is 2. The molecule has 2 N–H and O–H groups in total. The number of carbonyl (C=O) groups excluding carboxylic acids is 1. The summed E-state index contributed by atoms with van der Waals surface area (Å²) in [4.78, 5) is 21.5. The molecule has 27 heavy (non-hydrogen) atoms. The van der Waals surface area contributed by atoms with E-state index >= 15 is 0 Å². The predicted octanol–water partition coefficient (Wildman–Crippen LogP) is 3.33. The van der Waals surface area contributed by atoms with Crippen LogP contribution in [0.25, 0.3) is 11.3 Å². The summed E-state index contributed by atoms with van der Waals surface area (Å²) in [5, 5.41) is 10.4.